The number of benzene rings is 2. The summed E-state index contributed by atoms with van der Waals surface area (Å²) in [6.45, 7) is 3.80. The van der Waals surface area contributed by atoms with Gasteiger partial charge in [-0.25, -0.2) is 0 Å². The summed E-state index contributed by atoms with van der Waals surface area (Å²) in [6, 6.07) is 11.4. The van der Waals surface area contributed by atoms with Crippen molar-refractivity contribution < 1.29 is 10.2 Å². The van der Waals surface area contributed by atoms with Crippen LogP contribution in [0.5, 0.6) is 11.5 Å². The first kappa shape index (κ1) is 13.9. The minimum Gasteiger partial charge on any atom is -0.504 e. The number of phenolic OH excluding ortho intramolecular Hbond substituents is 2. The fourth-order valence-corrected chi connectivity index (χ4v) is 2.19. The van der Waals surface area contributed by atoms with Gasteiger partial charge in [0.05, 0.1) is 0 Å². The molecule has 0 atom stereocenters. The van der Waals surface area contributed by atoms with Crippen molar-refractivity contribution in [2.24, 2.45) is 0 Å². The minimum absolute atomic E-state index is 0.0856. The highest BCUT2D eigenvalue weighted by Gasteiger charge is 2.15. The van der Waals surface area contributed by atoms with Gasteiger partial charge in [-0.3, -0.25) is 0 Å². The SMILES string of the molecule is CC=Cc1cc(-c2ccccc2)c(O)c(O)c1C=CC. The second-order valence-electron chi connectivity index (χ2n) is 4.49. The molecule has 0 saturated heterocycles. The van der Waals surface area contributed by atoms with Crippen molar-refractivity contribution in [3.8, 4) is 22.6 Å². The Morgan fingerprint density at radius 1 is 0.850 bits per heavy atom. The first-order valence-corrected chi connectivity index (χ1v) is 6.58. The van der Waals surface area contributed by atoms with E-state index < -0.39 is 0 Å². The number of phenols is 2. The van der Waals surface area contributed by atoms with Crippen molar-refractivity contribution in [3.05, 3.63) is 59.7 Å². The normalized spacial score (nSPS) is 11.5. The van der Waals surface area contributed by atoms with Gasteiger partial charge < -0.3 is 10.2 Å². The fraction of sp³-hybridized carbons (Fsp3) is 0.111. The molecule has 2 N–H and O–H groups in total. The van der Waals surface area contributed by atoms with E-state index in [1.807, 2.05) is 68.5 Å². The third kappa shape index (κ3) is 2.59. The van der Waals surface area contributed by atoms with Crippen molar-refractivity contribution in [1.29, 1.82) is 0 Å². The van der Waals surface area contributed by atoms with E-state index in [0.717, 1.165) is 11.1 Å². The molecular formula is C18H18O2. The van der Waals surface area contributed by atoms with Gasteiger partial charge in [-0.05, 0) is 31.0 Å². The third-order valence-corrected chi connectivity index (χ3v) is 3.11. The monoisotopic (exact) mass is 266 g/mol. The molecule has 2 heteroatoms. The minimum atomic E-state index is -0.0856. The molecule has 2 rings (SSSR count). The van der Waals surface area contributed by atoms with E-state index in [2.05, 4.69) is 0 Å². The number of allylic oxidation sites excluding steroid dienone is 2. The maximum Gasteiger partial charge on any atom is 0.166 e. The van der Waals surface area contributed by atoms with Crippen LogP contribution < -0.4 is 0 Å². The van der Waals surface area contributed by atoms with Crippen LogP contribution in [0.1, 0.15) is 25.0 Å². The van der Waals surface area contributed by atoms with E-state index in [-0.39, 0.29) is 11.5 Å². The van der Waals surface area contributed by atoms with E-state index >= 15 is 0 Å². The second-order valence-corrected chi connectivity index (χ2v) is 4.49. The molecular weight excluding hydrogens is 248 g/mol. The summed E-state index contributed by atoms with van der Waals surface area (Å²) in [4.78, 5) is 0. The third-order valence-electron chi connectivity index (χ3n) is 3.11. The zero-order chi connectivity index (χ0) is 14.5. The second kappa shape index (κ2) is 6.11. The maximum atomic E-state index is 10.2. The lowest BCUT2D eigenvalue weighted by atomic mass is 9.96. The van der Waals surface area contributed by atoms with E-state index in [1.165, 1.54) is 0 Å². The maximum absolute atomic E-state index is 10.2. The van der Waals surface area contributed by atoms with Gasteiger partial charge in [0.1, 0.15) is 0 Å². The Kier molecular flexibility index (Phi) is 4.26. The summed E-state index contributed by atoms with van der Waals surface area (Å²) in [6.07, 6.45) is 7.46. The van der Waals surface area contributed by atoms with Gasteiger partial charge in [-0.15, -0.1) is 0 Å². The molecule has 0 radical (unpaired) electrons. The number of hydrogen-bond donors (Lipinski definition) is 2. The molecule has 0 amide bonds. The van der Waals surface area contributed by atoms with Gasteiger partial charge in [0.25, 0.3) is 0 Å². The molecule has 0 unspecified atom stereocenters. The van der Waals surface area contributed by atoms with Gasteiger partial charge >= 0.3 is 0 Å². The zero-order valence-corrected chi connectivity index (χ0v) is 11.7. The van der Waals surface area contributed by atoms with Crippen LogP contribution in [0.3, 0.4) is 0 Å². The average Bonchev–Trinajstić information content (AvgIpc) is 2.48. The molecule has 0 aromatic heterocycles. The van der Waals surface area contributed by atoms with Crippen LogP contribution in [0.4, 0.5) is 0 Å². The molecule has 0 aliphatic heterocycles. The highest BCUT2D eigenvalue weighted by Crippen LogP contribution is 2.41. The van der Waals surface area contributed by atoms with Gasteiger partial charge in [0.15, 0.2) is 11.5 Å². The Balaban J connectivity index is 2.72. The molecule has 0 bridgehead atoms. The van der Waals surface area contributed by atoms with Crippen molar-refractivity contribution in [2.45, 2.75) is 13.8 Å². The Bertz CT molecular complexity index is 653. The molecule has 0 aliphatic rings. The Hall–Kier alpha value is -2.48. The van der Waals surface area contributed by atoms with Crippen molar-refractivity contribution >= 4 is 12.2 Å². The number of aromatic hydroxyl groups is 2. The lowest BCUT2D eigenvalue weighted by Gasteiger charge is -2.12. The van der Waals surface area contributed by atoms with Gasteiger partial charge in [0, 0.05) is 11.1 Å². The predicted octanol–water partition coefficient (Wildman–Crippen LogP) is 4.83. The van der Waals surface area contributed by atoms with Crippen LogP contribution in [0.15, 0.2) is 48.6 Å². The van der Waals surface area contributed by atoms with Crippen LogP contribution in [-0.2, 0) is 0 Å². The van der Waals surface area contributed by atoms with Crippen LogP contribution in [-0.4, -0.2) is 10.2 Å². The standard InChI is InChI=1S/C18H18O2/c1-3-8-14-12-16(13-10-6-5-7-11-13)18(20)17(19)15(14)9-4-2/h3-12,19-20H,1-2H3. The lowest BCUT2D eigenvalue weighted by Crippen LogP contribution is -1.88. The summed E-state index contributed by atoms with van der Waals surface area (Å²) >= 11 is 0. The number of hydrogen-bond acceptors (Lipinski definition) is 2. The summed E-state index contributed by atoms with van der Waals surface area (Å²) in [5.74, 6) is -0.171. The van der Waals surface area contributed by atoms with Crippen molar-refractivity contribution in [1.82, 2.24) is 0 Å². The van der Waals surface area contributed by atoms with Crippen LogP contribution in [0, 0.1) is 0 Å². The van der Waals surface area contributed by atoms with Gasteiger partial charge in [-0.1, -0.05) is 54.6 Å². The van der Waals surface area contributed by atoms with Gasteiger partial charge in [0.2, 0.25) is 0 Å². The molecule has 2 nitrogen and oxygen atoms in total. The lowest BCUT2D eigenvalue weighted by molar-refractivity contribution is 0.404. The molecule has 0 aliphatic carbocycles. The molecule has 102 valence electrons. The van der Waals surface area contributed by atoms with E-state index in [1.54, 1.807) is 6.08 Å². The van der Waals surface area contributed by atoms with Gasteiger partial charge in [-0.2, -0.15) is 0 Å². The quantitative estimate of drug-likeness (QED) is 0.781. The van der Waals surface area contributed by atoms with E-state index in [0.29, 0.717) is 11.1 Å². The summed E-state index contributed by atoms with van der Waals surface area (Å²) in [7, 11) is 0. The van der Waals surface area contributed by atoms with Crippen LogP contribution in [0.25, 0.3) is 23.3 Å². The first-order chi connectivity index (χ1) is 9.69. The molecule has 0 spiro atoms. The first-order valence-electron chi connectivity index (χ1n) is 6.58. The van der Waals surface area contributed by atoms with E-state index in [9.17, 15) is 10.2 Å². The topological polar surface area (TPSA) is 40.5 Å². The summed E-state index contributed by atoms with van der Waals surface area (Å²) in [5, 5.41) is 20.5. The van der Waals surface area contributed by atoms with E-state index in [4.69, 9.17) is 0 Å². The Labute approximate surface area is 119 Å². The summed E-state index contributed by atoms with van der Waals surface area (Å²) < 4.78 is 0. The number of rotatable bonds is 3. The average molecular weight is 266 g/mol. The highest BCUT2D eigenvalue weighted by molar-refractivity contribution is 5.83. The van der Waals surface area contributed by atoms with Crippen LogP contribution in [0.2, 0.25) is 0 Å². The largest absolute Gasteiger partial charge is 0.504 e. The van der Waals surface area contributed by atoms with Crippen molar-refractivity contribution in [2.75, 3.05) is 0 Å². The molecule has 2 aromatic rings. The predicted molar refractivity (Wildman–Crippen MR) is 84.6 cm³/mol. The fourth-order valence-electron chi connectivity index (χ4n) is 2.19. The Morgan fingerprint density at radius 3 is 2.10 bits per heavy atom. The highest BCUT2D eigenvalue weighted by atomic mass is 16.3. The Morgan fingerprint density at radius 2 is 1.50 bits per heavy atom. The molecule has 0 saturated carbocycles. The molecule has 2 aromatic carbocycles. The smallest absolute Gasteiger partial charge is 0.166 e. The molecule has 0 fully saturated rings. The zero-order valence-electron chi connectivity index (χ0n) is 11.7. The molecule has 20 heavy (non-hydrogen) atoms. The summed E-state index contributed by atoms with van der Waals surface area (Å²) in [5.41, 5.74) is 3.00. The van der Waals surface area contributed by atoms with Crippen molar-refractivity contribution in [3.63, 3.8) is 0 Å². The van der Waals surface area contributed by atoms with Crippen LogP contribution >= 0.6 is 0 Å². The molecule has 0 heterocycles.